The molecule has 0 atom stereocenters. The van der Waals surface area contributed by atoms with Gasteiger partial charge in [-0.2, -0.15) is 13.2 Å². The molecule has 5 heteroatoms. The van der Waals surface area contributed by atoms with Crippen molar-refractivity contribution >= 4 is 5.69 Å². The van der Waals surface area contributed by atoms with Crippen LogP contribution >= 0.6 is 0 Å². The van der Waals surface area contributed by atoms with Gasteiger partial charge in [0.05, 0.1) is 5.56 Å². The molecule has 0 saturated carbocycles. The van der Waals surface area contributed by atoms with E-state index in [1.807, 2.05) is 19.0 Å². The number of alkyl halides is 3. The molecular weight excluding hydrogens is 241 g/mol. The number of benzene rings is 1. The number of halogens is 3. The standard InChI is InChI=1S/C13H19F3N2/c1-10-9-11(13(14,15)16)5-6-12(10)18(3)8-4-7-17-2/h5-6,9,17H,4,7-8H2,1-3H3. The van der Waals surface area contributed by atoms with Gasteiger partial charge in [-0.3, -0.25) is 0 Å². The molecule has 0 radical (unpaired) electrons. The summed E-state index contributed by atoms with van der Waals surface area (Å²) in [6, 6.07) is 3.87. The van der Waals surface area contributed by atoms with Crippen LogP contribution in [0, 0.1) is 6.92 Å². The SMILES string of the molecule is CNCCCN(C)c1ccc(C(F)(F)F)cc1C. The zero-order valence-corrected chi connectivity index (χ0v) is 10.9. The molecule has 0 bridgehead atoms. The molecule has 1 aromatic rings. The van der Waals surface area contributed by atoms with E-state index in [-0.39, 0.29) is 0 Å². The van der Waals surface area contributed by atoms with Crippen LogP contribution < -0.4 is 10.2 Å². The van der Waals surface area contributed by atoms with Crippen molar-refractivity contribution in [1.29, 1.82) is 0 Å². The van der Waals surface area contributed by atoms with E-state index in [1.165, 1.54) is 12.1 Å². The number of nitrogens with one attached hydrogen (secondary N) is 1. The minimum atomic E-state index is -4.27. The van der Waals surface area contributed by atoms with Gasteiger partial charge in [0.25, 0.3) is 0 Å². The van der Waals surface area contributed by atoms with Crippen molar-refractivity contribution in [2.75, 3.05) is 32.1 Å². The van der Waals surface area contributed by atoms with E-state index in [9.17, 15) is 13.2 Å². The molecule has 0 spiro atoms. The summed E-state index contributed by atoms with van der Waals surface area (Å²) in [5.41, 5.74) is 0.906. The first kappa shape index (κ1) is 14.8. The second kappa shape index (κ2) is 6.09. The van der Waals surface area contributed by atoms with Crippen LogP contribution in [0.4, 0.5) is 18.9 Å². The van der Waals surface area contributed by atoms with Crippen LogP contribution in [0.5, 0.6) is 0 Å². The molecular formula is C13H19F3N2. The number of hydrogen-bond acceptors (Lipinski definition) is 2. The predicted octanol–water partition coefficient (Wildman–Crippen LogP) is 3.06. The Morgan fingerprint density at radius 1 is 1.28 bits per heavy atom. The van der Waals surface area contributed by atoms with Gasteiger partial charge in [-0.15, -0.1) is 0 Å². The Morgan fingerprint density at radius 2 is 1.94 bits per heavy atom. The maximum Gasteiger partial charge on any atom is 0.416 e. The number of aryl methyl sites for hydroxylation is 1. The fourth-order valence-electron chi connectivity index (χ4n) is 1.87. The second-order valence-corrected chi connectivity index (χ2v) is 4.38. The molecule has 1 N–H and O–H groups in total. The second-order valence-electron chi connectivity index (χ2n) is 4.38. The van der Waals surface area contributed by atoms with Crippen molar-refractivity contribution in [3.8, 4) is 0 Å². The Labute approximate surface area is 106 Å². The third-order valence-corrected chi connectivity index (χ3v) is 2.86. The molecule has 1 aromatic carbocycles. The normalized spacial score (nSPS) is 11.7. The van der Waals surface area contributed by atoms with Gasteiger partial charge in [0.2, 0.25) is 0 Å². The van der Waals surface area contributed by atoms with Crippen molar-refractivity contribution in [3.63, 3.8) is 0 Å². The molecule has 0 aromatic heterocycles. The lowest BCUT2D eigenvalue weighted by Gasteiger charge is -2.22. The molecule has 0 fully saturated rings. The molecule has 0 amide bonds. The number of nitrogens with zero attached hydrogens (tertiary/aromatic N) is 1. The lowest BCUT2D eigenvalue weighted by Crippen LogP contribution is -2.23. The zero-order valence-electron chi connectivity index (χ0n) is 10.9. The summed E-state index contributed by atoms with van der Waals surface area (Å²) in [6.07, 6.45) is -3.32. The topological polar surface area (TPSA) is 15.3 Å². The lowest BCUT2D eigenvalue weighted by molar-refractivity contribution is -0.137. The number of rotatable bonds is 5. The van der Waals surface area contributed by atoms with Crippen LogP contribution in [-0.4, -0.2) is 27.2 Å². The molecule has 2 nitrogen and oxygen atoms in total. The summed E-state index contributed by atoms with van der Waals surface area (Å²) < 4.78 is 37.6. The van der Waals surface area contributed by atoms with E-state index in [0.29, 0.717) is 5.56 Å². The van der Waals surface area contributed by atoms with Crippen molar-refractivity contribution in [1.82, 2.24) is 5.32 Å². The molecule has 0 aliphatic heterocycles. The highest BCUT2D eigenvalue weighted by molar-refractivity contribution is 5.54. The molecule has 1 rings (SSSR count). The van der Waals surface area contributed by atoms with Gasteiger partial charge in [-0.05, 0) is 50.7 Å². The third kappa shape index (κ3) is 3.91. The highest BCUT2D eigenvalue weighted by Gasteiger charge is 2.30. The Kier molecular flexibility index (Phi) is 5.02. The Bertz CT molecular complexity index is 388. The first-order chi connectivity index (χ1) is 8.36. The number of anilines is 1. The summed E-state index contributed by atoms with van der Waals surface area (Å²) in [6.45, 7) is 3.41. The van der Waals surface area contributed by atoms with E-state index in [1.54, 1.807) is 6.92 Å². The monoisotopic (exact) mass is 260 g/mol. The van der Waals surface area contributed by atoms with Crippen LogP contribution in [0.25, 0.3) is 0 Å². The van der Waals surface area contributed by atoms with Gasteiger partial charge < -0.3 is 10.2 Å². The third-order valence-electron chi connectivity index (χ3n) is 2.86. The summed E-state index contributed by atoms with van der Waals surface area (Å²) >= 11 is 0. The number of hydrogen-bond donors (Lipinski definition) is 1. The van der Waals surface area contributed by atoms with Gasteiger partial charge in [-0.1, -0.05) is 0 Å². The first-order valence-corrected chi connectivity index (χ1v) is 5.90. The highest BCUT2D eigenvalue weighted by Crippen LogP contribution is 2.32. The maximum absolute atomic E-state index is 12.5. The van der Waals surface area contributed by atoms with Crippen molar-refractivity contribution < 1.29 is 13.2 Å². The van der Waals surface area contributed by atoms with Crippen LogP contribution in [0.15, 0.2) is 18.2 Å². The molecule has 102 valence electrons. The highest BCUT2D eigenvalue weighted by atomic mass is 19.4. The fraction of sp³-hybridized carbons (Fsp3) is 0.538. The minimum absolute atomic E-state index is 0.590. The van der Waals surface area contributed by atoms with E-state index in [4.69, 9.17) is 0 Å². The van der Waals surface area contributed by atoms with Gasteiger partial charge in [0.1, 0.15) is 0 Å². The van der Waals surface area contributed by atoms with E-state index in [2.05, 4.69) is 5.32 Å². The Hall–Kier alpha value is -1.23. The van der Waals surface area contributed by atoms with Crippen molar-refractivity contribution in [2.45, 2.75) is 19.5 Å². The first-order valence-electron chi connectivity index (χ1n) is 5.90. The molecule has 0 unspecified atom stereocenters. The molecule has 0 aliphatic carbocycles. The van der Waals surface area contributed by atoms with Crippen LogP contribution in [0.1, 0.15) is 17.5 Å². The van der Waals surface area contributed by atoms with Crippen LogP contribution in [-0.2, 0) is 6.18 Å². The average Bonchev–Trinajstić information content (AvgIpc) is 2.27. The molecule has 0 saturated heterocycles. The van der Waals surface area contributed by atoms with Crippen molar-refractivity contribution in [3.05, 3.63) is 29.3 Å². The summed E-state index contributed by atoms with van der Waals surface area (Å²) in [4.78, 5) is 1.98. The van der Waals surface area contributed by atoms with Gasteiger partial charge >= 0.3 is 6.18 Å². The fourth-order valence-corrected chi connectivity index (χ4v) is 1.87. The van der Waals surface area contributed by atoms with Gasteiger partial charge in [-0.25, -0.2) is 0 Å². The summed E-state index contributed by atoms with van der Waals surface area (Å²) in [5.74, 6) is 0. The largest absolute Gasteiger partial charge is 0.416 e. The molecule has 0 aliphatic rings. The summed E-state index contributed by atoms with van der Waals surface area (Å²) in [7, 11) is 3.77. The van der Waals surface area contributed by atoms with Crippen molar-refractivity contribution in [2.24, 2.45) is 0 Å². The molecule has 18 heavy (non-hydrogen) atoms. The lowest BCUT2D eigenvalue weighted by atomic mass is 10.1. The Morgan fingerprint density at radius 3 is 2.44 bits per heavy atom. The van der Waals surface area contributed by atoms with E-state index < -0.39 is 11.7 Å². The Balaban J connectivity index is 2.79. The smallest absolute Gasteiger partial charge is 0.374 e. The molecule has 0 heterocycles. The van der Waals surface area contributed by atoms with Crippen LogP contribution in [0.2, 0.25) is 0 Å². The van der Waals surface area contributed by atoms with E-state index in [0.717, 1.165) is 31.3 Å². The maximum atomic E-state index is 12.5. The predicted molar refractivity (Wildman–Crippen MR) is 68.0 cm³/mol. The quantitative estimate of drug-likeness (QED) is 0.819. The zero-order chi connectivity index (χ0) is 13.8. The average molecular weight is 260 g/mol. The minimum Gasteiger partial charge on any atom is -0.374 e. The van der Waals surface area contributed by atoms with Crippen LogP contribution in [0.3, 0.4) is 0 Å². The van der Waals surface area contributed by atoms with Gasteiger partial charge in [0.15, 0.2) is 0 Å². The van der Waals surface area contributed by atoms with Gasteiger partial charge in [0, 0.05) is 19.3 Å². The van der Waals surface area contributed by atoms with E-state index >= 15 is 0 Å². The summed E-state index contributed by atoms with van der Waals surface area (Å²) in [5, 5.41) is 3.04.